The lowest BCUT2D eigenvalue weighted by Gasteiger charge is -2.12. The number of hydrogen-bond acceptors (Lipinski definition) is 4. The van der Waals surface area contributed by atoms with Crippen LogP contribution in [0.25, 0.3) is 0 Å². The van der Waals surface area contributed by atoms with Crippen LogP contribution in [-0.2, 0) is 9.63 Å². The van der Waals surface area contributed by atoms with Crippen molar-refractivity contribution in [3.63, 3.8) is 0 Å². The summed E-state index contributed by atoms with van der Waals surface area (Å²) < 4.78 is 5.49. The number of oxime groups is 1. The molecule has 0 fully saturated rings. The van der Waals surface area contributed by atoms with Gasteiger partial charge in [0.2, 0.25) is 0 Å². The number of ether oxygens (including phenoxy) is 1. The molecule has 0 saturated carbocycles. The Morgan fingerprint density at radius 1 is 1.33 bits per heavy atom. The number of benzene rings is 1. The zero-order valence-corrected chi connectivity index (χ0v) is 14.3. The van der Waals surface area contributed by atoms with E-state index in [0.29, 0.717) is 13.2 Å². The van der Waals surface area contributed by atoms with Gasteiger partial charge in [0.25, 0.3) is 5.91 Å². The Morgan fingerprint density at radius 3 is 3.00 bits per heavy atom. The fraction of sp³-hybridized carbons (Fsp3) is 0.474. The van der Waals surface area contributed by atoms with Crippen LogP contribution in [-0.4, -0.2) is 31.9 Å². The molecule has 0 atom stereocenters. The maximum absolute atomic E-state index is 11.7. The predicted octanol–water partition coefficient (Wildman–Crippen LogP) is 3.44. The summed E-state index contributed by atoms with van der Waals surface area (Å²) in [7, 11) is 0. The number of allylic oxidation sites excluding steroid dienone is 1. The summed E-state index contributed by atoms with van der Waals surface area (Å²) in [5.74, 6) is 0.596. The van der Waals surface area contributed by atoms with Crippen LogP contribution in [0.2, 0.25) is 0 Å². The normalized spacial score (nSPS) is 14.3. The molecule has 24 heavy (non-hydrogen) atoms. The van der Waals surface area contributed by atoms with Crippen LogP contribution < -0.4 is 10.1 Å². The van der Waals surface area contributed by atoms with Gasteiger partial charge in [0.15, 0.2) is 6.61 Å². The van der Waals surface area contributed by atoms with Crippen molar-refractivity contribution in [2.45, 2.75) is 39.0 Å². The van der Waals surface area contributed by atoms with Gasteiger partial charge >= 0.3 is 0 Å². The van der Waals surface area contributed by atoms with Crippen molar-refractivity contribution in [3.05, 3.63) is 41.5 Å². The molecule has 0 bridgehead atoms. The predicted molar refractivity (Wildman–Crippen MR) is 95.3 cm³/mol. The first-order chi connectivity index (χ1) is 11.8. The van der Waals surface area contributed by atoms with E-state index in [-0.39, 0.29) is 12.5 Å². The second-order valence-corrected chi connectivity index (χ2v) is 5.69. The minimum Gasteiger partial charge on any atom is -0.493 e. The first kappa shape index (κ1) is 18.0. The second kappa shape index (κ2) is 10.5. The third-order valence-electron chi connectivity index (χ3n) is 3.83. The molecule has 1 amide bonds. The number of nitrogens with zero attached hydrogens (tertiary/aromatic N) is 1. The lowest BCUT2D eigenvalue weighted by atomic mass is 9.97. The largest absolute Gasteiger partial charge is 0.493 e. The molecule has 1 aliphatic carbocycles. The Hall–Kier alpha value is -2.30. The number of amides is 1. The highest BCUT2D eigenvalue weighted by molar-refractivity contribution is 5.83. The SMILES string of the molecule is CCOc1ccccc1C=NOCC(=O)NCCC1=CCCCC1. The summed E-state index contributed by atoms with van der Waals surface area (Å²) >= 11 is 0. The Kier molecular flexibility index (Phi) is 7.87. The Morgan fingerprint density at radius 2 is 2.21 bits per heavy atom. The third kappa shape index (κ3) is 6.44. The van der Waals surface area contributed by atoms with Crippen molar-refractivity contribution in [1.29, 1.82) is 0 Å². The molecule has 0 spiro atoms. The van der Waals surface area contributed by atoms with E-state index in [1.54, 1.807) is 6.21 Å². The highest BCUT2D eigenvalue weighted by Gasteiger charge is 2.05. The van der Waals surface area contributed by atoms with Gasteiger partial charge in [-0.2, -0.15) is 0 Å². The van der Waals surface area contributed by atoms with Crippen molar-refractivity contribution >= 4 is 12.1 Å². The Balaban J connectivity index is 1.66. The third-order valence-corrected chi connectivity index (χ3v) is 3.83. The van der Waals surface area contributed by atoms with Crippen molar-refractivity contribution in [2.75, 3.05) is 19.8 Å². The summed E-state index contributed by atoms with van der Waals surface area (Å²) in [6.45, 7) is 3.10. The summed E-state index contributed by atoms with van der Waals surface area (Å²) in [6, 6.07) is 7.56. The van der Waals surface area contributed by atoms with E-state index >= 15 is 0 Å². The topological polar surface area (TPSA) is 59.9 Å². The van der Waals surface area contributed by atoms with E-state index in [1.165, 1.54) is 24.8 Å². The van der Waals surface area contributed by atoms with Gasteiger partial charge in [-0.25, -0.2) is 0 Å². The fourth-order valence-electron chi connectivity index (χ4n) is 2.61. The first-order valence-corrected chi connectivity index (χ1v) is 8.61. The summed E-state index contributed by atoms with van der Waals surface area (Å²) in [6.07, 6.45) is 9.67. The Bertz CT molecular complexity index is 582. The molecule has 0 aromatic heterocycles. The second-order valence-electron chi connectivity index (χ2n) is 5.69. The maximum Gasteiger partial charge on any atom is 0.260 e. The molecule has 1 aromatic carbocycles. The maximum atomic E-state index is 11.7. The van der Waals surface area contributed by atoms with Crippen LogP contribution in [0, 0.1) is 0 Å². The Labute approximate surface area is 143 Å². The number of carbonyl (C=O) groups excluding carboxylic acids is 1. The number of hydrogen-bond donors (Lipinski definition) is 1. The van der Waals surface area contributed by atoms with E-state index in [1.807, 2.05) is 31.2 Å². The van der Waals surface area contributed by atoms with Gasteiger partial charge in [-0.1, -0.05) is 28.9 Å². The van der Waals surface area contributed by atoms with E-state index in [4.69, 9.17) is 9.57 Å². The molecule has 0 unspecified atom stereocenters. The molecule has 0 heterocycles. The lowest BCUT2D eigenvalue weighted by Crippen LogP contribution is -2.28. The van der Waals surface area contributed by atoms with Gasteiger partial charge in [-0.15, -0.1) is 0 Å². The van der Waals surface area contributed by atoms with Gasteiger partial charge in [0.05, 0.1) is 12.8 Å². The molecule has 5 nitrogen and oxygen atoms in total. The molecule has 1 aromatic rings. The molecular weight excluding hydrogens is 304 g/mol. The van der Waals surface area contributed by atoms with E-state index < -0.39 is 0 Å². The summed E-state index contributed by atoms with van der Waals surface area (Å²) in [5.41, 5.74) is 2.28. The van der Waals surface area contributed by atoms with Crippen LogP contribution >= 0.6 is 0 Å². The number of rotatable bonds is 9. The molecule has 1 N–H and O–H groups in total. The van der Waals surface area contributed by atoms with Crippen LogP contribution in [0.1, 0.15) is 44.6 Å². The molecule has 0 aliphatic heterocycles. The van der Waals surface area contributed by atoms with Crippen LogP contribution in [0.5, 0.6) is 5.75 Å². The van der Waals surface area contributed by atoms with Gasteiger partial charge in [0.1, 0.15) is 5.75 Å². The fourth-order valence-corrected chi connectivity index (χ4v) is 2.61. The van der Waals surface area contributed by atoms with Crippen LogP contribution in [0.15, 0.2) is 41.1 Å². The van der Waals surface area contributed by atoms with Gasteiger partial charge in [-0.3, -0.25) is 4.79 Å². The zero-order valence-electron chi connectivity index (χ0n) is 14.3. The van der Waals surface area contributed by atoms with Gasteiger partial charge in [0, 0.05) is 12.1 Å². The van der Waals surface area contributed by atoms with Crippen molar-refractivity contribution in [2.24, 2.45) is 5.16 Å². The number of nitrogens with one attached hydrogen (secondary N) is 1. The molecule has 130 valence electrons. The molecule has 2 rings (SSSR count). The number of para-hydroxylation sites is 1. The minimum absolute atomic E-state index is 0.0770. The van der Waals surface area contributed by atoms with Crippen molar-refractivity contribution in [1.82, 2.24) is 5.32 Å². The quantitative estimate of drug-likeness (QED) is 0.429. The number of carbonyl (C=O) groups is 1. The average Bonchev–Trinajstić information content (AvgIpc) is 2.61. The van der Waals surface area contributed by atoms with Crippen LogP contribution in [0.3, 0.4) is 0 Å². The molecule has 1 aliphatic rings. The van der Waals surface area contributed by atoms with E-state index in [0.717, 1.165) is 24.2 Å². The van der Waals surface area contributed by atoms with E-state index in [2.05, 4.69) is 16.5 Å². The van der Waals surface area contributed by atoms with Crippen LogP contribution in [0.4, 0.5) is 0 Å². The zero-order chi connectivity index (χ0) is 17.0. The molecule has 5 heteroatoms. The van der Waals surface area contributed by atoms with Gasteiger partial charge < -0.3 is 14.9 Å². The highest BCUT2D eigenvalue weighted by Crippen LogP contribution is 2.19. The standard InChI is InChI=1S/C19H26N2O3/c1-2-23-18-11-7-6-10-17(18)14-21-24-15-19(22)20-13-12-16-8-4-3-5-9-16/h6-8,10-11,14H,2-5,9,12-13,15H2,1H3,(H,20,22). The summed E-state index contributed by atoms with van der Waals surface area (Å²) in [4.78, 5) is 16.8. The molecule has 0 radical (unpaired) electrons. The summed E-state index contributed by atoms with van der Waals surface area (Å²) in [5, 5.41) is 6.70. The lowest BCUT2D eigenvalue weighted by molar-refractivity contribution is -0.125. The average molecular weight is 330 g/mol. The minimum atomic E-state index is -0.151. The first-order valence-electron chi connectivity index (χ1n) is 8.61. The van der Waals surface area contributed by atoms with Gasteiger partial charge in [-0.05, 0) is 51.2 Å². The van der Waals surface area contributed by atoms with Crippen molar-refractivity contribution in [3.8, 4) is 5.75 Å². The monoisotopic (exact) mass is 330 g/mol. The molecular formula is C19H26N2O3. The highest BCUT2D eigenvalue weighted by atomic mass is 16.6. The molecule has 0 saturated heterocycles. The van der Waals surface area contributed by atoms with E-state index in [9.17, 15) is 4.79 Å². The van der Waals surface area contributed by atoms with Crippen molar-refractivity contribution < 1.29 is 14.4 Å². The smallest absolute Gasteiger partial charge is 0.260 e.